The van der Waals surface area contributed by atoms with E-state index in [1.54, 1.807) is 23.9 Å². The number of carbonyl (C=O) groups excluding carboxylic acids is 1. The third-order valence-corrected chi connectivity index (χ3v) is 3.97. The molecule has 0 spiro atoms. The minimum Gasteiger partial charge on any atom is -0.366 e. The van der Waals surface area contributed by atoms with Crippen molar-refractivity contribution >= 4 is 28.7 Å². The Balaban J connectivity index is 1.86. The van der Waals surface area contributed by atoms with Gasteiger partial charge in [0.15, 0.2) is 0 Å². The van der Waals surface area contributed by atoms with Gasteiger partial charge in [0.05, 0.1) is 16.8 Å². The number of H-pyrrole nitrogens is 1. The highest BCUT2D eigenvalue weighted by atomic mass is 32.2. The number of thioether (sulfide) groups is 1. The summed E-state index contributed by atoms with van der Waals surface area (Å²) in [7, 11) is 0. The van der Waals surface area contributed by atoms with Gasteiger partial charge in [-0.2, -0.15) is 0 Å². The fraction of sp³-hybridized carbons (Fsp3) is 0.0667. The number of para-hydroxylation sites is 1. The van der Waals surface area contributed by atoms with E-state index in [0.717, 1.165) is 17.1 Å². The lowest BCUT2D eigenvalue weighted by molar-refractivity contribution is 0.100. The molecule has 0 fully saturated rings. The standard InChI is InChI=1S/C15H13N3OS/c16-15(19)11-7-4-8-12-14(11)18-13(17-12)9-20-10-5-2-1-3-6-10/h1-8H,9H2,(H2,16,19)(H,17,18). The van der Waals surface area contributed by atoms with Crippen molar-refractivity contribution < 1.29 is 4.79 Å². The molecule has 0 radical (unpaired) electrons. The van der Waals surface area contributed by atoms with Gasteiger partial charge in [0.1, 0.15) is 11.3 Å². The van der Waals surface area contributed by atoms with Crippen molar-refractivity contribution in [1.29, 1.82) is 0 Å². The molecule has 1 aromatic heterocycles. The fourth-order valence-corrected chi connectivity index (χ4v) is 2.81. The minimum absolute atomic E-state index is 0.453. The molecule has 1 heterocycles. The monoisotopic (exact) mass is 283 g/mol. The van der Waals surface area contributed by atoms with Crippen LogP contribution in [0, 0.1) is 0 Å². The third kappa shape index (κ3) is 2.53. The van der Waals surface area contributed by atoms with Crippen molar-refractivity contribution in [3.63, 3.8) is 0 Å². The molecule has 0 atom stereocenters. The number of hydrogen-bond acceptors (Lipinski definition) is 3. The number of amides is 1. The zero-order valence-corrected chi connectivity index (χ0v) is 11.5. The van der Waals surface area contributed by atoms with Crippen LogP contribution >= 0.6 is 11.8 Å². The van der Waals surface area contributed by atoms with E-state index in [4.69, 9.17) is 5.73 Å². The Morgan fingerprint density at radius 2 is 1.95 bits per heavy atom. The number of rotatable bonds is 4. The number of nitrogens with one attached hydrogen (secondary N) is 1. The Hall–Kier alpha value is -2.27. The first-order chi connectivity index (χ1) is 9.74. The number of imidazole rings is 1. The number of aromatic nitrogens is 2. The molecule has 0 aliphatic heterocycles. The first-order valence-corrected chi connectivity index (χ1v) is 7.18. The lowest BCUT2D eigenvalue weighted by atomic mass is 10.2. The van der Waals surface area contributed by atoms with Crippen molar-refractivity contribution in [3.05, 3.63) is 59.9 Å². The van der Waals surface area contributed by atoms with Gasteiger partial charge in [-0.25, -0.2) is 4.98 Å². The van der Waals surface area contributed by atoms with Gasteiger partial charge in [0.25, 0.3) is 5.91 Å². The van der Waals surface area contributed by atoms with Gasteiger partial charge in [-0.05, 0) is 24.3 Å². The smallest absolute Gasteiger partial charge is 0.250 e. The number of benzene rings is 2. The van der Waals surface area contributed by atoms with Crippen LogP contribution in [0.4, 0.5) is 0 Å². The van der Waals surface area contributed by atoms with Crippen molar-refractivity contribution in [3.8, 4) is 0 Å². The number of fused-ring (bicyclic) bond motifs is 1. The Labute approximate surface area is 120 Å². The van der Waals surface area contributed by atoms with Crippen molar-refractivity contribution in [2.45, 2.75) is 10.6 Å². The van der Waals surface area contributed by atoms with Crippen LogP contribution in [-0.2, 0) is 5.75 Å². The summed E-state index contributed by atoms with van der Waals surface area (Å²) >= 11 is 1.69. The quantitative estimate of drug-likeness (QED) is 0.723. The number of aromatic amines is 1. The largest absolute Gasteiger partial charge is 0.366 e. The van der Waals surface area contributed by atoms with Crippen molar-refractivity contribution in [2.24, 2.45) is 5.73 Å². The average Bonchev–Trinajstić information content (AvgIpc) is 2.88. The second kappa shape index (κ2) is 5.38. The summed E-state index contributed by atoms with van der Waals surface area (Å²) in [5, 5.41) is 0. The van der Waals surface area contributed by atoms with E-state index < -0.39 is 5.91 Å². The number of nitrogens with two attached hydrogens (primary N) is 1. The van der Waals surface area contributed by atoms with E-state index in [9.17, 15) is 4.79 Å². The summed E-state index contributed by atoms with van der Waals surface area (Å²) in [6, 6.07) is 15.5. The van der Waals surface area contributed by atoms with Crippen LogP contribution < -0.4 is 5.73 Å². The maximum absolute atomic E-state index is 11.4. The minimum atomic E-state index is -0.454. The molecule has 20 heavy (non-hydrogen) atoms. The summed E-state index contributed by atoms with van der Waals surface area (Å²) in [6.07, 6.45) is 0. The molecule has 100 valence electrons. The molecular weight excluding hydrogens is 270 g/mol. The summed E-state index contributed by atoms with van der Waals surface area (Å²) < 4.78 is 0. The molecule has 4 nitrogen and oxygen atoms in total. The SMILES string of the molecule is NC(=O)c1cccc2[nH]c(CSc3ccccc3)nc12. The second-order valence-corrected chi connectivity index (χ2v) is 5.40. The summed E-state index contributed by atoms with van der Waals surface area (Å²) in [6.45, 7) is 0. The lowest BCUT2D eigenvalue weighted by Crippen LogP contribution is -2.11. The van der Waals surface area contributed by atoms with Gasteiger partial charge >= 0.3 is 0 Å². The third-order valence-electron chi connectivity index (χ3n) is 2.95. The van der Waals surface area contributed by atoms with Gasteiger partial charge in [0.2, 0.25) is 0 Å². The van der Waals surface area contributed by atoms with Crippen LogP contribution in [0.3, 0.4) is 0 Å². The summed E-state index contributed by atoms with van der Waals surface area (Å²) in [5.41, 5.74) is 7.29. The Kier molecular flexibility index (Phi) is 3.43. The molecule has 0 aliphatic carbocycles. The maximum atomic E-state index is 11.4. The van der Waals surface area contributed by atoms with Crippen LogP contribution in [0.1, 0.15) is 16.2 Å². The number of hydrogen-bond donors (Lipinski definition) is 2. The van der Waals surface area contributed by atoms with E-state index in [0.29, 0.717) is 11.1 Å². The number of primary amides is 1. The molecule has 0 bridgehead atoms. The number of nitrogens with zero attached hydrogens (tertiary/aromatic N) is 1. The van der Waals surface area contributed by atoms with Crippen LogP contribution in [-0.4, -0.2) is 15.9 Å². The fourth-order valence-electron chi connectivity index (χ4n) is 2.02. The Bertz CT molecular complexity index is 752. The average molecular weight is 283 g/mol. The highest BCUT2D eigenvalue weighted by Gasteiger charge is 2.10. The van der Waals surface area contributed by atoms with Crippen LogP contribution in [0.5, 0.6) is 0 Å². The van der Waals surface area contributed by atoms with E-state index >= 15 is 0 Å². The molecular formula is C15H13N3OS. The molecule has 0 saturated heterocycles. The predicted octanol–water partition coefficient (Wildman–Crippen LogP) is 2.95. The molecule has 0 unspecified atom stereocenters. The highest BCUT2D eigenvalue weighted by molar-refractivity contribution is 7.98. The zero-order valence-electron chi connectivity index (χ0n) is 10.7. The maximum Gasteiger partial charge on any atom is 0.250 e. The highest BCUT2D eigenvalue weighted by Crippen LogP contribution is 2.23. The first-order valence-electron chi connectivity index (χ1n) is 6.19. The zero-order chi connectivity index (χ0) is 13.9. The molecule has 0 saturated carbocycles. The van der Waals surface area contributed by atoms with Gasteiger partial charge in [-0.15, -0.1) is 11.8 Å². The van der Waals surface area contributed by atoms with Crippen LogP contribution in [0.25, 0.3) is 11.0 Å². The first kappa shape index (κ1) is 12.7. The normalized spacial score (nSPS) is 10.8. The van der Waals surface area contributed by atoms with Gasteiger partial charge in [0, 0.05) is 4.90 Å². The van der Waals surface area contributed by atoms with E-state index in [1.165, 1.54) is 4.90 Å². The molecule has 3 rings (SSSR count). The van der Waals surface area contributed by atoms with Gasteiger partial charge in [-0.1, -0.05) is 24.3 Å². The molecule has 3 N–H and O–H groups in total. The summed E-state index contributed by atoms with van der Waals surface area (Å²) in [5.74, 6) is 1.10. The molecule has 2 aromatic carbocycles. The Morgan fingerprint density at radius 1 is 1.15 bits per heavy atom. The van der Waals surface area contributed by atoms with E-state index in [-0.39, 0.29) is 0 Å². The van der Waals surface area contributed by atoms with Crippen molar-refractivity contribution in [2.75, 3.05) is 0 Å². The second-order valence-electron chi connectivity index (χ2n) is 4.35. The van der Waals surface area contributed by atoms with Gasteiger partial charge in [-0.3, -0.25) is 4.79 Å². The lowest BCUT2D eigenvalue weighted by Gasteiger charge is -1.97. The molecule has 1 amide bonds. The van der Waals surface area contributed by atoms with E-state index in [1.807, 2.05) is 24.3 Å². The Morgan fingerprint density at radius 3 is 2.70 bits per heavy atom. The summed E-state index contributed by atoms with van der Waals surface area (Å²) in [4.78, 5) is 20.2. The predicted molar refractivity (Wildman–Crippen MR) is 80.6 cm³/mol. The number of carbonyl (C=O) groups is 1. The molecule has 5 heteroatoms. The molecule has 0 aliphatic rings. The van der Waals surface area contributed by atoms with Crippen LogP contribution in [0.2, 0.25) is 0 Å². The van der Waals surface area contributed by atoms with Gasteiger partial charge < -0.3 is 10.7 Å². The van der Waals surface area contributed by atoms with Crippen LogP contribution in [0.15, 0.2) is 53.4 Å². The molecule has 3 aromatic rings. The van der Waals surface area contributed by atoms with Crippen molar-refractivity contribution in [1.82, 2.24) is 9.97 Å². The van der Waals surface area contributed by atoms with E-state index in [2.05, 4.69) is 22.1 Å². The topological polar surface area (TPSA) is 71.8 Å².